The molecule has 0 aromatic heterocycles. The van der Waals surface area contributed by atoms with Crippen LogP contribution >= 0.6 is 11.8 Å². The van der Waals surface area contributed by atoms with Gasteiger partial charge in [-0.2, -0.15) is 11.8 Å². The van der Waals surface area contributed by atoms with Crippen LogP contribution in [0.2, 0.25) is 6.04 Å². The fourth-order valence-electron chi connectivity index (χ4n) is 9.14. The molecule has 476 valence electrons. The summed E-state index contributed by atoms with van der Waals surface area (Å²) in [7, 11) is 2.73. The molecule has 0 aromatic rings. The summed E-state index contributed by atoms with van der Waals surface area (Å²) in [4.78, 5) is 0. The molecular formula is C63H130O14SSi. The molecule has 0 fully saturated rings. The second-order valence-corrected chi connectivity index (χ2v) is 25.4. The summed E-state index contributed by atoms with van der Waals surface area (Å²) in [6.45, 7) is 15.1. The van der Waals surface area contributed by atoms with Gasteiger partial charge in [0.25, 0.3) is 0 Å². The minimum Gasteiger partial charge on any atom is -0.379 e. The van der Waals surface area contributed by atoms with Crippen molar-refractivity contribution in [2.75, 3.05) is 178 Å². The van der Waals surface area contributed by atoms with E-state index in [-0.39, 0.29) is 0 Å². The summed E-state index contributed by atoms with van der Waals surface area (Å²) in [6, 6.07) is 0.921. The van der Waals surface area contributed by atoms with E-state index < -0.39 is 8.80 Å². The lowest BCUT2D eigenvalue weighted by molar-refractivity contribution is -0.0275. The normalized spacial score (nSPS) is 12.0. The van der Waals surface area contributed by atoms with E-state index in [4.69, 9.17) is 65.4 Å². The van der Waals surface area contributed by atoms with Crippen LogP contribution < -0.4 is 0 Å². The zero-order valence-corrected chi connectivity index (χ0v) is 54.2. The van der Waals surface area contributed by atoms with E-state index in [9.17, 15) is 0 Å². The first-order valence-electron chi connectivity index (χ1n) is 32.8. The third-order valence-electron chi connectivity index (χ3n) is 14.1. The van der Waals surface area contributed by atoms with E-state index in [0.717, 1.165) is 38.5 Å². The molecule has 0 bridgehead atoms. The van der Waals surface area contributed by atoms with E-state index in [1.54, 1.807) is 21.3 Å². The Balaban J connectivity index is 3.10. The quantitative estimate of drug-likeness (QED) is 0.0423. The summed E-state index contributed by atoms with van der Waals surface area (Å²) in [5.41, 5.74) is 0. The lowest BCUT2D eigenvalue weighted by Gasteiger charge is -2.24. The number of thioether (sulfide) groups is 1. The number of ether oxygens (including phenoxy) is 11. The Kier molecular flexibility index (Phi) is 72.3. The van der Waals surface area contributed by atoms with Crippen molar-refractivity contribution in [3.63, 3.8) is 0 Å². The predicted octanol–water partition coefficient (Wildman–Crippen LogP) is 15.1. The Morgan fingerprint density at radius 2 is 0.380 bits per heavy atom. The van der Waals surface area contributed by atoms with Gasteiger partial charge in [0.05, 0.1) is 132 Å². The molecule has 0 heterocycles. The first-order valence-corrected chi connectivity index (χ1v) is 35.9. The molecule has 0 aliphatic carbocycles. The average molecular weight is 1170 g/mol. The first kappa shape index (κ1) is 79.0. The van der Waals surface area contributed by atoms with Gasteiger partial charge in [-0.05, 0) is 43.6 Å². The van der Waals surface area contributed by atoms with Gasteiger partial charge >= 0.3 is 8.80 Å². The molecule has 0 saturated heterocycles. The van der Waals surface area contributed by atoms with E-state index in [0.29, 0.717) is 132 Å². The average Bonchev–Trinajstić information content (AvgIpc) is 3.46. The summed E-state index contributed by atoms with van der Waals surface area (Å²) in [5, 5.41) is 0. The molecule has 0 unspecified atom stereocenters. The van der Waals surface area contributed by atoms with E-state index in [1.165, 1.54) is 211 Å². The van der Waals surface area contributed by atoms with E-state index >= 15 is 0 Å². The lowest BCUT2D eigenvalue weighted by atomic mass is 10.0. The van der Waals surface area contributed by atoms with Gasteiger partial charge in [0.2, 0.25) is 0 Å². The fourth-order valence-corrected chi connectivity index (χ4v) is 12.0. The molecule has 0 aliphatic heterocycles. The summed E-state index contributed by atoms with van der Waals surface area (Å²) < 4.78 is 78.2. The monoisotopic (exact) mass is 1170 g/mol. The van der Waals surface area contributed by atoms with Crippen molar-refractivity contribution in [1.29, 1.82) is 0 Å². The highest BCUT2D eigenvalue weighted by Crippen LogP contribution is 2.20. The Morgan fingerprint density at radius 3 is 0.595 bits per heavy atom. The van der Waals surface area contributed by atoms with Crippen molar-refractivity contribution in [2.45, 2.75) is 231 Å². The number of rotatable bonds is 74. The van der Waals surface area contributed by atoms with Crippen LogP contribution in [0.5, 0.6) is 0 Å². The Hall–Kier alpha value is 0.00688. The SMILES string of the molecule is CCCCCCCCCCCCCCCCCCOCCOCCOCCOCCOCCOCCOCCOCCOCCOCCOCCCCCCCCCCCSCCCCCCCCCCC[Si](OC)(OC)OC. The molecule has 16 heteroatoms. The van der Waals surface area contributed by atoms with Gasteiger partial charge in [0.1, 0.15) is 0 Å². The summed E-state index contributed by atoms with van der Waals surface area (Å²) in [5.74, 6) is 2.68. The fraction of sp³-hybridized carbons (Fsp3) is 1.00. The Bertz CT molecular complexity index is 1070. The highest BCUT2D eigenvalue weighted by atomic mass is 32.2. The highest BCUT2D eigenvalue weighted by Gasteiger charge is 2.36. The van der Waals surface area contributed by atoms with Crippen molar-refractivity contribution >= 4 is 20.6 Å². The standard InChI is InChI=1S/C63H130O14SSi/c1-5-6-7-8-9-10-11-12-13-14-15-16-19-24-29-34-39-67-41-43-69-45-47-71-49-51-73-53-55-75-57-59-77-60-58-76-56-54-74-52-50-72-48-46-70-44-42-68-40-35-30-25-20-17-21-26-31-36-61-78-62-37-32-27-22-18-23-28-33-38-63-79(64-2,65-3)66-4/h5-63H2,1-4H3. The topological polar surface area (TPSA) is 129 Å². The molecule has 0 amide bonds. The van der Waals surface area contributed by atoms with Crippen LogP contribution in [-0.4, -0.2) is 187 Å². The Labute approximate surface area is 493 Å². The molecule has 79 heavy (non-hydrogen) atoms. The number of unbranched alkanes of at least 4 members (excludes halogenated alkanes) is 31. The summed E-state index contributed by atoms with van der Waals surface area (Å²) in [6.07, 6.45) is 46.2. The van der Waals surface area contributed by atoms with Gasteiger partial charge in [0.15, 0.2) is 0 Å². The van der Waals surface area contributed by atoms with Gasteiger partial charge in [0, 0.05) is 40.6 Å². The molecule has 0 saturated carbocycles. The lowest BCUT2D eigenvalue weighted by Crippen LogP contribution is -2.42. The van der Waals surface area contributed by atoms with Crippen LogP contribution in [0, 0.1) is 0 Å². The molecule has 0 rings (SSSR count). The number of hydrogen-bond acceptors (Lipinski definition) is 15. The molecule has 0 atom stereocenters. The zero-order chi connectivity index (χ0) is 56.8. The maximum atomic E-state index is 5.74. The van der Waals surface area contributed by atoms with Crippen LogP contribution in [-0.2, 0) is 65.4 Å². The minimum absolute atomic E-state index is 0.525. The van der Waals surface area contributed by atoms with Crippen molar-refractivity contribution in [2.24, 2.45) is 0 Å². The van der Waals surface area contributed by atoms with Crippen LogP contribution in [0.4, 0.5) is 0 Å². The Morgan fingerprint density at radius 1 is 0.203 bits per heavy atom. The van der Waals surface area contributed by atoms with Crippen LogP contribution in [0.3, 0.4) is 0 Å². The van der Waals surface area contributed by atoms with Crippen molar-refractivity contribution in [1.82, 2.24) is 0 Å². The predicted molar refractivity (Wildman–Crippen MR) is 331 cm³/mol. The van der Waals surface area contributed by atoms with Gasteiger partial charge in [-0.25, -0.2) is 0 Å². The maximum absolute atomic E-state index is 5.74. The van der Waals surface area contributed by atoms with Crippen LogP contribution in [0.1, 0.15) is 225 Å². The molecule has 0 aromatic carbocycles. The second-order valence-electron chi connectivity index (χ2n) is 21.1. The molecule has 0 radical (unpaired) electrons. The second kappa shape index (κ2) is 72.3. The first-order chi connectivity index (χ1) is 39.2. The molecule has 0 N–H and O–H groups in total. The maximum Gasteiger partial charge on any atom is 0.500 e. The number of hydrogen-bond donors (Lipinski definition) is 0. The van der Waals surface area contributed by atoms with E-state index in [2.05, 4.69) is 18.7 Å². The molecule has 0 spiro atoms. The van der Waals surface area contributed by atoms with Crippen LogP contribution in [0.25, 0.3) is 0 Å². The highest BCUT2D eigenvalue weighted by molar-refractivity contribution is 7.99. The van der Waals surface area contributed by atoms with Gasteiger partial charge in [-0.3, -0.25) is 0 Å². The van der Waals surface area contributed by atoms with Gasteiger partial charge in [-0.1, -0.05) is 193 Å². The van der Waals surface area contributed by atoms with Crippen molar-refractivity contribution < 1.29 is 65.4 Å². The third-order valence-corrected chi connectivity index (χ3v) is 18.1. The third kappa shape index (κ3) is 67.0. The molecule has 14 nitrogen and oxygen atoms in total. The minimum atomic E-state index is -2.37. The zero-order valence-electron chi connectivity index (χ0n) is 52.3. The van der Waals surface area contributed by atoms with Gasteiger partial charge in [-0.15, -0.1) is 0 Å². The van der Waals surface area contributed by atoms with Crippen molar-refractivity contribution in [3.05, 3.63) is 0 Å². The largest absolute Gasteiger partial charge is 0.500 e. The van der Waals surface area contributed by atoms with Crippen LogP contribution in [0.15, 0.2) is 0 Å². The molecule has 0 aliphatic rings. The smallest absolute Gasteiger partial charge is 0.379 e. The van der Waals surface area contributed by atoms with Gasteiger partial charge < -0.3 is 65.4 Å². The van der Waals surface area contributed by atoms with E-state index in [1.807, 2.05) is 0 Å². The summed E-state index contributed by atoms with van der Waals surface area (Å²) >= 11 is 2.17. The van der Waals surface area contributed by atoms with Crippen molar-refractivity contribution in [3.8, 4) is 0 Å². The molecular weight excluding hydrogens is 1040 g/mol.